The van der Waals surface area contributed by atoms with E-state index >= 15 is 0 Å². The molecule has 1 fully saturated rings. The maximum atomic E-state index is 12.1. The van der Waals surface area contributed by atoms with Crippen molar-refractivity contribution >= 4 is 17.2 Å². The highest BCUT2D eigenvalue weighted by Crippen LogP contribution is 2.13. The summed E-state index contributed by atoms with van der Waals surface area (Å²) in [5.41, 5.74) is 5.98. The highest BCUT2D eigenvalue weighted by Gasteiger charge is 2.24. The Morgan fingerprint density at radius 1 is 1.52 bits per heavy atom. The smallest absolute Gasteiger partial charge is 0.270 e. The van der Waals surface area contributed by atoms with Crippen molar-refractivity contribution in [2.45, 2.75) is 26.4 Å². The van der Waals surface area contributed by atoms with E-state index in [0.29, 0.717) is 30.7 Å². The molecule has 7 heteroatoms. The molecule has 118 valence electrons. The van der Waals surface area contributed by atoms with Crippen molar-refractivity contribution in [3.8, 4) is 0 Å². The number of morpholine rings is 1. The van der Waals surface area contributed by atoms with Crippen LogP contribution in [0.25, 0.3) is 0 Å². The number of ether oxygens (including phenoxy) is 1. The third kappa shape index (κ3) is 4.47. The zero-order valence-corrected chi connectivity index (χ0v) is 13.5. The van der Waals surface area contributed by atoms with Crippen LogP contribution in [-0.4, -0.2) is 54.7 Å². The molecule has 1 aromatic rings. The zero-order chi connectivity index (χ0) is 15.2. The summed E-state index contributed by atoms with van der Waals surface area (Å²) >= 11 is 1.42. The van der Waals surface area contributed by atoms with Crippen molar-refractivity contribution in [2.24, 2.45) is 11.7 Å². The van der Waals surface area contributed by atoms with Crippen LogP contribution in [0, 0.1) is 5.92 Å². The molecular formula is C14H24N4O2S. The van der Waals surface area contributed by atoms with Crippen LogP contribution in [0.3, 0.4) is 0 Å². The van der Waals surface area contributed by atoms with Gasteiger partial charge < -0.3 is 15.8 Å². The molecule has 0 saturated carbocycles. The molecule has 0 aromatic carbocycles. The summed E-state index contributed by atoms with van der Waals surface area (Å²) in [5, 5.41) is 5.54. The van der Waals surface area contributed by atoms with Crippen LogP contribution in [0.2, 0.25) is 0 Å². The zero-order valence-electron chi connectivity index (χ0n) is 12.7. The summed E-state index contributed by atoms with van der Waals surface area (Å²) in [4.78, 5) is 18.7. The Balaban J connectivity index is 1.90. The van der Waals surface area contributed by atoms with Gasteiger partial charge in [-0.1, -0.05) is 13.8 Å². The van der Waals surface area contributed by atoms with Gasteiger partial charge in [-0.15, -0.1) is 11.3 Å². The fourth-order valence-electron chi connectivity index (χ4n) is 2.49. The minimum absolute atomic E-state index is 0.121. The summed E-state index contributed by atoms with van der Waals surface area (Å²) < 4.78 is 5.39. The number of thiazole rings is 1. The van der Waals surface area contributed by atoms with Crippen molar-refractivity contribution in [1.82, 2.24) is 15.2 Å². The van der Waals surface area contributed by atoms with E-state index in [1.54, 1.807) is 5.38 Å². The van der Waals surface area contributed by atoms with Crippen LogP contribution in [-0.2, 0) is 11.3 Å². The number of nitrogens with zero attached hydrogens (tertiary/aromatic N) is 2. The molecule has 2 heterocycles. The summed E-state index contributed by atoms with van der Waals surface area (Å²) in [6, 6.07) is 0.325. The van der Waals surface area contributed by atoms with Gasteiger partial charge >= 0.3 is 0 Å². The molecule has 1 unspecified atom stereocenters. The third-order valence-corrected chi connectivity index (χ3v) is 4.59. The molecule has 21 heavy (non-hydrogen) atoms. The lowest BCUT2D eigenvalue weighted by molar-refractivity contribution is 0.00671. The van der Waals surface area contributed by atoms with Gasteiger partial charge in [-0.25, -0.2) is 4.98 Å². The van der Waals surface area contributed by atoms with E-state index in [9.17, 15) is 4.79 Å². The molecule has 0 bridgehead atoms. The molecular weight excluding hydrogens is 288 g/mol. The molecule has 0 aliphatic carbocycles. The van der Waals surface area contributed by atoms with Crippen LogP contribution in [0.4, 0.5) is 0 Å². The predicted octanol–water partition coefficient (Wildman–Crippen LogP) is 0.688. The number of nitrogens with two attached hydrogens (primary N) is 1. The van der Waals surface area contributed by atoms with Gasteiger partial charge in [-0.05, 0) is 5.92 Å². The number of nitrogens with one attached hydrogen (secondary N) is 1. The van der Waals surface area contributed by atoms with E-state index in [-0.39, 0.29) is 5.91 Å². The second kappa shape index (κ2) is 7.84. The van der Waals surface area contributed by atoms with Crippen molar-refractivity contribution < 1.29 is 9.53 Å². The summed E-state index contributed by atoms with van der Waals surface area (Å²) in [6.45, 7) is 8.75. The Morgan fingerprint density at radius 3 is 2.81 bits per heavy atom. The normalized spacial score (nSPS) is 17.9. The van der Waals surface area contributed by atoms with Gasteiger partial charge in [0.25, 0.3) is 5.91 Å². The topological polar surface area (TPSA) is 80.5 Å². The Bertz CT molecular complexity index is 458. The van der Waals surface area contributed by atoms with Gasteiger partial charge in [-0.2, -0.15) is 0 Å². The number of carbonyl (C=O) groups is 1. The molecule has 0 spiro atoms. The standard InChI is InChI=1S/C14H24N4O2S/c1-10(2)12(18-3-5-20-6-4-18)8-16-14(19)11-9-21-13(7-15)17-11/h9-10,12H,3-8,15H2,1-2H3,(H,16,19). The molecule has 1 saturated heterocycles. The number of aromatic nitrogens is 1. The third-order valence-electron chi connectivity index (χ3n) is 3.72. The highest BCUT2D eigenvalue weighted by atomic mass is 32.1. The first-order chi connectivity index (χ1) is 10.1. The molecule has 1 aliphatic heterocycles. The maximum absolute atomic E-state index is 12.1. The van der Waals surface area contributed by atoms with E-state index in [1.165, 1.54) is 11.3 Å². The number of hydrogen-bond donors (Lipinski definition) is 2. The maximum Gasteiger partial charge on any atom is 0.270 e. The summed E-state index contributed by atoms with van der Waals surface area (Å²) in [5.74, 6) is 0.350. The molecule has 6 nitrogen and oxygen atoms in total. The van der Waals surface area contributed by atoms with E-state index in [1.807, 2.05) is 0 Å². The van der Waals surface area contributed by atoms with Crippen LogP contribution in [0.1, 0.15) is 29.3 Å². The van der Waals surface area contributed by atoms with Crippen molar-refractivity contribution in [3.05, 3.63) is 16.1 Å². The van der Waals surface area contributed by atoms with Crippen molar-refractivity contribution in [1.29, 1.82) is 0 Å². The first-order valence-electron chi connectivity index (χ1n) is 7.36. The molecule has 1 aromatic heterocycles. The number of amides is 1. The average molecular weight is 312 g/mol. The number of hydrogen-bond acceptors (Lipinski definition) is 6. The summed E-state index contributed by atoms with van der Waals surface area (Å²) in [7, 11) is 0. The summed E-state index contributed by atoms with van der Waals surface area (Å²) in [6.07, 6.45) is 0. The first-order valence-corrected chi connectivity index (χ1v) is 8.24. The Kier molecular flexibility index (Phi) is 6.10. The van der Waals surface area contributed by atoms with Crippen LogP contribution < -0.4 is 11.1 Å². The number of carbonyl (C=O) groups excluding carboxylic acids is 1. The van der Waals surface area contributed by atoms with Crippen LogP contribution >= 0.6 is 11.3 Å². The van der Waals surface area contributed by atoms with E-state index in [4.69, 9.17) is 10.5 Å². The molecule has 0 radical (unpaired) electrons. The molecule has 2 rings (SSSR count). The second-order valence-corrected chi connectivity index (χ2v) is 6.44. The lowest BCUT2D eigenvalue weighted by Gasteiger charge is -2.36. The largest absolute Gasteiger partial charge is 0.379 e. The minimum atomic E-state index is -0.121. The lowest BCUT2D eigenvalue weighted by Crippen LogP contribution is -2.51. The van der Waals surface area contributed by atoms with Gasteiger partial charge in [0.05, 0.1) is 13.2 Å². The molecule has 1 atom stereocenters. The van der Waals surface area contributed by atoms with Gasteiger partial charge in [0, 0.05) is 37.6 Å². The van der Waals surface area contributed by atoms with Gasteiger partial charge in [0.2, 0.25) is 0 Å². The van der Waals surface area contributed by atoms with E-state index in [0.717, 1.165) is 31.3 Å². The molecule has 1 amide bonds. The van der Waals surface area contributed by atoms with Gasteiger partial charge in [0.15, 0.2) is 0 Å². The van der Waals surface area contributed by atoms with E-state index in [2.05, 4.69) is 29.0 Å². The van der Waals surface area contributed by atoms with Gasteiger partial charge in [0.1, 0.15) is 10.7 Å². The molecule has 1 aliphatic rings. The van der Waals surface area contributed by atoms with Crippen LogP contribution in [0.15, 0.2) is 5.38 Å². The first kappa shape index (κ1) is 16.4. The SMILES string of the molecule is CC(C)C(CNC(=O)c1csc(CN)n1)N1CCOCC1. The predicted molar refractivity (Wildman–Crippen MR) is 83.4 cm³/mol. The van der Waals surface area contributed by atoms with Crippen LogP contribution in [0.5, 0.6) is 0 Å². The lowest BCUT2D eigenvalue weighted by atomic mass is 10.0. The average Bonchev–Trinajstić information content (AvgIpc) is 2.97. The Labute approximate surface area is 129 Å². The minimum Gasteiger partial charge on any atom is -0.379 e. The Hall–Kier alpha value is -1.02. The van der Waals surface area contributed by atoms with Crippen molar-refractivity contribution in [3.63, 3.8) is 0 Å². The highest BCUT2D eigenvalue weighted by molar-refractivity contribution is 7.09. The monoisotopic (exact) mass is 312 g/mol. The van der Waals surface area contributed by atoms with E-state index < -0.39 is 0 Å². The quantitative estimate of drug-likeness (QED) is 0.808. The Morgan fingerprint density at radius 2 is 2.24 bits per heavy atom. The van der Waals surface area contributed by atoms with Gasteiger partial charge in [-0.3, -0.25) is 9.69 Å². The fourth-order valence-corrected chi connectivity index (χ4v) is 3.15. The molecule has 3 N–H and O–H groups in total. The number of rotatable bonds is 6. The fraction of sp³-hybridized carbons (Fsp3) is 0.714. The van der Waals surface area contributed by atoms with Crippen molar-refractivity contribution in [2.75, 3.05) is 32.8 Å². The second-order valence-electron chi connectivity index (χ2n) is 5.50.